The number of urea groups is 1. The van der Waals surface area contributed by atoms with Crippen molar-refractivity contribution >= 4 is 36.9 Å². The Labute approximate surface area is 268 Å². The molecule has 0 saturated carbocycles. The molecule has 0 unspecified atom stereocenters. The first-order chi connectivity index (χ1) is 21.6. The molecule has 3 rings (SSSR count). The Morgan fingerprint density at radius 3 is 2.11 bits per heavy atom. The molecule has 14 heteroatoms. The molecule has 1 heterocycles. The number of aryl methyl sites for hydroxylation is 1. The normalized spacial score (nSPS) is 12.3. The maximum Gasteiger partial charge on any atom is 0.519 e. The standard InChI is InChI=1S/C32H44N3O10P/c1-7-23(15-30(36)42-18-28-29(45-32(38)44-28)19-43-46(39,40)41)24-10-13-27(35(16-20(2)3)17-21(4)5)26(14-24)34-31(37)33-25-11-8-22(6)9-12-25/h8-14,20-21,23H,7,15-19H2,1-6H3,(H2,33,34,37)(H2,39,40,41)/t23-/m0/s1. The van der Waals surface area contributed by atoms with Crippen LogP contribution < -0.4 is 21.4 Å². The maximum atomic E-state index is 13.2. The predicted molar refractivity (Wildman–Crippen MR) is 174 cm³/mol. The van der Waals surface area contributed by atoms with Gasteiger partial charge in [-0.1, -0.05) is 58.4 Å². The quantitative estimate of drug-likeness (QED) is 0.0967. The minimum absolute atomic E-state index is 0.0249. The molecule has 0 aliphatic heterocycles. The zero-order valence-electron chi connectivity index (χ0n) is 27.1. The SMILES string of the molecule is CC[C@@H](CC(=O)OCc1oc(=O)oc1COP(=O)(O)O)c1ccc(N(CC(C)C)CC(C)C)c(NC(=O)Nc2ccc(C)cc2)c1. The van der Waals surface area contributed by atoms with Crippen LogP contribution in [0.15, 0.2) is 56.1 Å². The number of hydrogen-bond acceptors (Lipinski definition) is 9. The molecule has 1 atom stereocenters. The van der Waals surface area contributed by atoms with E-state index >= 15 is 0 Å². The number of rotatable bonds is 16. The molecule has 0 radical (unpaired) electrons. The fourth-order valence-corrected chi connectivity index (χ4v) is 5.15. The van der Waals surface area contributed by atoms with E-state index in [1.165, 1.54) is 0 Å². The van der Waals surface area contributed by atoms with Crippen LogP contribution in [0.3, 0.4) is 0 Å². The molecular weight excluding hydrogens is 617 g/mol. The van der Waals surface area contributed by atoms with Crippen LogP contribution in [0.2, 0.25) is 0 Å². The molecule has 13 nitrogen and oxygen atoms in total. The summed E-state index contributed by atoms with van der Waals surface area (Å²) in [6.07, 6.45) is 0.552. The molecule has 252 valence electrons. The zero-order valence-corrected chi connectivity index (χ0v) is 28.0. The molecule has 0 aliphatic carbocycles. The summed E-state index contributed by atoms with van der Waals surface area (Å²) in [5.74, 6) is -1.78. The van der Waals surface area contributed by atoms with Gasteiger partial charge in [0.15, 0.2) is 18.1 Å². The number of nitrogens with zero attached hydrogens (tertiary/aromatic N) is 1. The van der Waals surface area contributed by atoms with Crippen LogP contribution in [0.5, 0.6) is 0 Å². The number of nitrogens with one attached hydrogen (secondary N) is 2. The van der Waals surface area contributed by atoms with E-state index < -0.39 is 38.9 Å². The summed E-state index contributed by atoms with van der Waals surface area (Å²) in [6.45, 7) is 12.8. The van der Waals surface area contributed by atoms with E-state index in [0.29, 0.717) is 29.6 Å². The lowest BCUT2D eigenvalue weighted by atomic mass is 9.92. The zero-order chi connectivity index (χ0) is 34.0. The third kappa shape index (κ3) is 11.8. The summed E-state index contributed by atoms with van der Waals surface area (Å²) >= 11 is 0. The van der Waals surface area contributed by atoms with Crippen molar-refractivity contribution in [2.24, 2.45) is 11.8 Å². The highest BCUT2D eigenvalue weighted by molar-refractivity contribution is 7.46. The minimum atomic E-state index is -4.84. The molecule has 3 aromatic rings. The lowest BCUT2D eigenvalue weighted by molar-refractivity contribution is -0.146. The van der Waals surface area contributed by atoms with Gasteiger partial charge in [0, 0.05) is 18.8 Å². The van der Waals surface area contributed by atoms with Crippen LogP contribution in [-0.4, -0.2) is 34.9 Å². The largest absolute Gasteiger partial charge is 0.519 e. The van der Waals surface area contributed by atoms with E-state index in [-0.39, 0.29) is 23.9 Å². The lowest BCUT2D eigenvalue weighted by Crippen LogP contribution is -2.32. The van der Waals surface area contributed by atoms with E-state index in [2.05, 4.69) is 47.8 Å². The topological polar surface area (TPSA) is 181 Å². The summed E-state index contributed by atoms with van der Waals surface area (Å²) in [6, 6.07) is 12.9. The monoisotopic (exact) mass is 661 g/mol. The molecule has 46 heavy (non-hydrogen) atoms. The number of phosphoric acid groups is 1. The van der Waals surface area contributed by atoms with Crippen molar-refractivity contribution in [3.63, 3.8) is 0 Å². The van der Waals surface area contributed by atoms with Gasteiger partial charge in [-0.2, -0.15) is 0 Å². The van der Waals surface area contributed by atoms with Crippen molar-refractivity contribution < 1.29 is 42.0 Å². The first kappa shape index (κ1) is 36.6. The Bertz CT molecular complexity index is 1550. The number of phosphoric ester groups is 1. The number of amides is 2. The average molecular weight is 662 g/mol. The highest BCUT2D eigenvalue weighted by Gasteiger charge is 2.23. The Hall–Kier alpha value is -3.90. The van der Waals surface area contributed by atoms with Crippen molar-refractivity contribution in [3.8, 4) is 0 Å². The van der Waals surface area contributed by atoms with E-state index in [9.17, 15) is 18.9 Å². The van der Waals surface area contributed by atoms with Crippen molar-refractivity contribution in [1.82, 2.24) is 0 Å². The van der Waals surface area contributed by atoms with Crippen LogP contribution in [0.25, 0.3) is 0 Å². The third-order valence-corrected chi connectivity index (χ3v) is 7.38. The molecule has 0 saturated heterocycles. The minimum Gasteiger partial charge on any atom is -0.457 e. The van der Waals surface area contributed by atoms with Crippen LogP contribution >= 0.6 is 7.82 Å². The smallest absolute Gasteiger partial charge is 0.457 e. The van der Waals surface area contributed by atoms with Crippen molar-refractivity contribution in [3.05, 3.63) is 75.7 Å². The second-order valence-corrected chi connectivity index (χ2v) is 13.2. The number of hydrogen-bond donors (Lipinski definition) is 4. The van der Waals surface area contributed by atoms with Gasteiger partial charge in [-0.3, -0.25) is 9.32 Å². The molecular formula is C32H44N3O10P. The molecule has 0 spiro atoms. The van der Waals surface area contributed by atoms with Gasteiger partial charge in [0.05, 0.1) is 17.8 Å². The van der Waals surface area contributed by atoms with E-state index in [0.717, 1.165) is 29.9 Å². The number of anilines is 3. The molecule has 0 bridgehead atoms. The lowest BCUT2D eigenvalue weighted by Gasteiger charge is -2.31. The summed E-state index contributed by atoms with van der Waals surface area (Å²) in [7, 11) is -4.84. The highest BCUT2D eigenvalue weighted by atomic mass is 31.2. The second kappa shape index (κ2) is 16.6. The van der Waals surface area contributed by atoms with E-state index in [1.807, 2.05) is 56.3 Å². The first-order valence-electron chi connectivity index (χ1n) is 15.1. The fraction of sp³-hybridized carbons (Fsp3) is 0.469. The van der Waals surface area contributed by atoms with Crippen LogP contribution in [-0.2, 0) is 31.8 Å². The third-order valence-electron chi connectivity index (χ3n) is 6.92. The Morgan fingerprint density at radius 2 is 1.54 bits per heavy atom. The van der Waals surface area contributed by atoms with E-state index in [4.69, 9.17) is 23.4 Å². The molecule has 2 aromatic carbocycles. The number of benzene rings is 2. The summed E-state index contributed by atoms with van der Waals surface area (Å²) in [5, 5.41) is 5.91. The van der Waals surface area contributed by atoms with Crippen molar-refractivity contribution in [2.45, 2.75) is 73.5 Å². The van der Waals surface area contributed by atoms with Gasteiger partial charge >= 0.3 is 25.6 Å². The fourth-order valence-electron chi connectivity index (χ4n) is 4.86. The Kier molecular flexibility index (Phi) is 13.2. The maximum absolute atomic E-state index is 13.2. The summed E-state index contributed by atoms with van der Waals surface area (Å²) in [4.78, 5) is 57.7. The number of ether oxygens (including phenoxy) is 1. The van der Waals surface area contributed by atoms with Gasteiger partial charge in [-0.05, 0) is 60.9 Å². The molecule has 2 amide bonds. The first-order valence-corrected chi connectivity index (χ1v) is 16.7. The Morgan fingerprint density at radius 1 is 0.935 bits per heavy atom. The van der Waals surface area contributed by atoms with E-state index in [1.54, 1.807) is 0 Å². The molecule has 4 N–H and O–H groups in total. The molecule has 0 aliphatic rings. The highest BCUT2D eigenvalue weighted by Crippen LogP contribution is 2.37. The van der Waals surface area contributed by atoms with Crippen LogP contribution in [0, 0.1) is 18.8 Å². The second-order valence-electron chi connectivity index (χ2n) is 11.9. The van der Waals surface area contributed by atoms with Gasteiger partial charge in [0.25, 0.3) is 0 Å². The van der Waals surface area contributed by atoms with Gasteiger partial charge in [-0.15, -0.1) is 0 Å². The summed E-state index contributed by atoms with van der Waals surface area (Å²) in [5.41, 5.74) is 4.01. The number of carbonyl (C=O) groups excluding carboxylic acids is 2. The van der Waals surface area contributed by atoms with Crippen LogP contribution in [0.1, 0.15) is 76.0 Å². The number of esters is 1. The van der Waals surface area contributed by atoms with Gasteiger partial charge in [-0.25, -0.2) is 14.2 Å². The molecule has 1 aromatic heterocycles. The Balaban J connectivity index is 1.82. The predicted octanol–water partition coefficient (Wildman–Crippen LogP) is 6.54. The van der Waals surface area contributed by atoms with Crippen molar-refractivity contribution in [1.29, 1.82) is 0 Å². The summed E-state index contributed by atoms with van der Waals surface area (Å²) < 4.78 is 30.3. The van der Waals surface area contributed by atoms with Crippen molar-refractivity contribution in [2.75, 3.05) is 28.6 Å². The van der Waals surface area contributed by atoms with Gasteiger partial charge in [0.1, 0.15) is 6.61 Å². The van der Waals surface area contributed by atoms with Gasteiger partial charge in [0.2, 0.25) is 0 Å². The average Bonchev–Trinajstić information content (AvgIpc) is 3.32. The van der Waals surface area contributed by atoms with Crippen LogP contribution in [0.4, 0.5) is 21.9 Å². The number of carbonyl (C=O) groups is 2. The molecule has 0 fully saturated rings. The van der Waals surface area contributed by atoms with Gasteiger partial charge < -0.3 is 38.9 Å².